The van der Waals surface area contributed by atoms with Crippen molar-refractivity contribution in [1.82, 2.24) is 5.32 Å². The second kappa shape index (κ2) is 18.1. The Morgan fingerprint density at radius 2 is 1.50 bits per heavy atom. The molecule has 0 bridgehead atoms. The van der Waals surface area contributed by atoms with Crippen molar-refractivity contribution in [3.8, 4) is 0 Å². The monoisotopic (exact) mass is 506 g/mol. The van der Waals surface area contributed by atoms with E-state index in [4.69, 9.17) is 0 Å². The summed E-state index contributed by atoms with van der Waals surface area (Å²) in [6, 6.07) is 7.97. The van der Waals surface area contributed by atoms with Crippen molar-refractivity contribution in [3.05, 3.63) is 23.8 Å². The summed E-state index contributed by atoms with van der Waals surface area (Å²) < 4.78 is 0. The normalized spacial score (nSPS) is 11.4. The van der Waals surface area contributed by atoms with Gasteiger partial charge in [-0.1, -0.05) is 97.7 Å². The predicted molar refractivity (Wildman–Crippen MR) is 153 cm³/mol. The summed E-state index contributed by atoms with van der Waals surface area (Å²) in [6.07, 6.45) is 13.4. The van der Waals surface area contributed by atoms with E-state index in [0.29, 0.717) is 18.5 Å². The standard InChI is InChI=1S/C28H50N2O2SSi/c1-6-9-11-12-13-14-15-16-21-34(4,5)22-19-27(31)30-25-23-24(17-18-26(25)33-8-3)28(32)29-20-10-7-2/h17-18,23H,6-16,19-22H2,1-5H3,(H,29,32)(H,30,31). The topological polar surface area (TPSA) is 58.2 Å². The molecule has 1 aromatic carbocycles. The zero-order valence-corrected chi connectivity index (χ0v) is 24.4. The maximum Gasteiger partial charge on any atom is 0.251 e. The van der Waals surface area contributed by atoms with Gasteiger partial charge in [0.1, 0.15) is 0 Å². The van der Waals surface area contributed by atoms with Gasteiger partial charge in [0.05, 0.1) is 5.69 Å². The van der Waals surface area contributed by atoms with Crippen LogP contribution in [0.25, 0.3) is 0 Å². The Morgan fingerprint density at radius 1 is 0.853 bits per heavy atom. The van der Waals surface area contributed by atoms with Gasteiger partial charge in [0.25, 0.3) is 5.91 Å². The van der Waals surface area contributed by atoms with Crippen molar-refractivity contribution >= 4 is 37.3 Å². The van der Waals surface area contributed by atoms with Crippen molar-refractivity contribution in [1.29, 1.82) is 0 Å². The number of anilines is 1. The summed E-state index contributed by atoms with van der Waals surface area (Å²) >= 11 is 1.69. The van der Waals surface area contributed by atoms with Gasteiger partial charge in [0.2, 0.25) is 5.91 Å². The first-order valence-corrected chi connectivity index (χ1v) is 18.1. The molecule has 0 aliphatic rings. The first-order valence-electron chi connectivity index (χ1n) is 13.7. The van der Waals surface area contributed by atoms with Gasteiger partial charge in [0.15, 0.2) is 0 Å². The number of carbonyl (C=O) groups excluding carboxylic acids is 2. The van der Waals surface area contributed by atoms with Crippen LogP contribution < -0.4 is 10.6 Å². The lowest BCUT2D eigenvalue weighted by molar-refractivity contribution is -0.115. The molecule has 2 N–H and O–H groups in total. The van der Waals surface area contributed by atoms with E-state index >= 15 is 0 Å². The fraction of sp³-hybridized carbons (Fsp3) is 0.714. The Balaban J connectivity index is 2.52. The number of hydrogen-bond donors (Lipinski definition) is 2. The van der Waals surface area contributed by atoms with Crippen LogP contribution in [-0.2, 0) is 4.79 Å². The molecule has 0 unspecified atom stereocenters. The van der Waals surface area contributed by atoms with Crippen LogP contribution in [0.3, 0.4) is 0 Å². The van der Waals surface area contributed by atoms with Crippen molar-refractivity contribution in [2.75, 3.05) is 17.6 Å². The summed E-state index contributed by atoms with van der Waals surface area (Å²) in [4.78, 5) is 26.3. The van der Waals surface area contributed by atoms with Crippen molar-refractivity contribution < 1.29 is 9.59 Å². The number of hydrogen-bond acceptors (Lipinski definition) is 3. The quantitative estimate of drug-likeness (QED) is 0.112. The van der Waals surface area contributed by atoms with E-state index in [1.165, 1.54) is 57.4 Å². The highest BCUT2D eigenvalue weighted by atomic mass is 32.2. The molecule has 0 fully saturated rings. The molecule has 6 heteroatoms. The van der Waals surface area contributed by atoms with Gasteiger partial charge in [-0.3, -0.25) is 9.59 Å². The molecule has 0 radical (unpaired) electrons. The Morgan fingerprint density at radius 3 is 2.15 bits per heavy atom. The Kier molecular flexibility index (Phi) is 16.3. The van der Waals surface area contributed by atoms with Gasteiger partial charge in [-0.15, -0.1) is 11.8 Å². The van der Waals surface area contributed by atoms with Crippen molar-refractivity contribution in [3.63, 3.8) is 0 Å². The minimum absolute atomic E-state index is 0.0676. The average molecular weight is 507 g/mol. The molecular formula is C28H50N2O2SSi. The molecule has 2 amide bonds. The molecule has 34 heavy (non-hydrogen) atoms. The molecule has 0 atom stereocenters. The zero-order valence-electron chi connectivity index (χ0n) is 22.6. The molecule has 4 nitrogen and oxygen atoms in total. The van der Waals surface area contributed by atoms with Crippen LogP contribution >= 0.6 is 11.8 Å². The molecule has 0 aliphatic heterocycles. The Bertz CT molecular complexity index is 724. The second-order valence-electron chi connectivity index (χ2n) is 10.2. The number of unbranched alkanes of at least 4 members (excludes halogenated alkanes) is 8. The lowest BCUT2D eigenvalue weighted by atomic mass is 10.1. The molecule has 0 aliphatic carbocycles. The highest BCUT2D eigenvalue weighted by Crippen LogP contribution is 2.29. The first kappa shape index (κ1) is 30.8. The molecule has 0 saturated heterocycles. The van der Waals surface area contributed by atoms with E-state index in [-0.39, 0.29) is 11.8 Å². The van der Waals surface area contributed by atoms with E-state index in [2.05, 4.69) is 44.5 Å². The van der Waals surface area contributed by atoms with Crippen LogP contribution in [0.15, 0.2) is 23.1 Å². The summed E-state index contributed by atoms with van der Waals surface area (Å²) in [5.74, 6) is 0.914. The number of carbonyl (C=O) groups is 2. The van der Waals surface area contributed by atoms with E-state index in [0.717, 1.165) is 35.2 Å². The summed E-state index contributed by atoms with van der Waals surface area (Å²) in [5, 5.41) is 6.08. The molecular weight excluding hydrogens is 456 g/mol. The van der Waals surface area contributed by atoms with Crippen LogP contribution in [0.2, 0.25) is 25.2 Å². The third-order valence-electron chi connectivity index (χ3n) is 6.37. The lowest BCUT2D eigenvalue weighted by Gasteiger charge is -2.22. The first-order chi connectivity index (χ1) is 16.3. The van der Waals surface area contributed by atoms with Gasteiger partial charge >= 0.3 is 0 Å². The van der Waals surface area contributed by atoms with E-state index < -0.39 is 8.07 Å². The minimum atomic E-state index is -1.37. The third-order valence-corrected chi connectivity index (χ3v) is 10.6. The predicted octanol–water partition coefficient (Wildman–Crippen LogP) is 8.51. The molecule has 1 aromatic rings. The van der Waals surface area contributed by atoms with Gasteiger partial charge in [-0.25, -0.2) is 0 Å². The Labute approximate surface area is 214 Å². The summed E-state index contributed by atoms with van der Waals surface area (Å²) in [6.45, 7) is 12.0. The van der Waals surface area contributed by atoms with E-state index in [1.807, 2.05) is 18.2 Å². The molecule has 1 rings (SSSR count). The number of benzene rings is 1. The third kappa shape index (κ3) is 13.6. The fourth-order valence-corrected chi connectivity index (χ4v) is 7.16. The molecule has 0 saturated carbocycles. The Hall–Kier alpha value is -1.27. The van der Waals surface area contributed by atoms with Crippen LogP contribution in [0.4, 0.5) is 5.69 Å². The van der Waals surface area contributed by atoms with Crippen LogP contribution in [0.5, 0.6) is 0 Å². The largest absolute Gasteiger partial charge is 0.352 e. The highest BCUT2D eigenvalue weighted by Gasteiger charge is 2.21. The van der Waals surface area contributed by atoms with E-state index in [1.54, 1.807) is 11.8 Å². The molecule has 0 spiro atoms. The molecule has 0 aromatic heterocycles. The van der Waals surface area contributed by atoms with Gasteiger partial charge in [0, 0.05) is 31.5 Å². The van der Waals surface area contributed by atoms with Gasteiger partial charge < -0.3 is 10.6 Å². The highest BCUT2D eigenvalue weighted by molar-refractivity contribution is 7.99. The van der Waals surface area contributed by atoms with Crippen LogP contribution in [0, 0.1) is 0 Å². The maximum absolute atomic E-state index is 12.8. The summed E-state index contributed by atoms with van der Waals surface area (Å²) in [7, 11) is -1.37. The van der Waals surface area contributed by atoms with Gasteiger partial charge in [-0.2, -0.15) is 0 Å². The number of thioether (sulfide) groups is 1. The maximum atomic E-state index is 12.8. The van der Waals surface area contributed by atoms with Gasteiger partial charge in [-0.05, 0) is 36.4 Å². The minimum Gasteiger partial charge on any atom is -0.352 e. The SMILES string of the molecule is CCCCCCCCCC[Si](C)(C)CCC(=O)Nc1cc(C(=O)NCCCC)ccc1SCC. The second-order valence-corrected chi connectivity index (χ2v) is 16.8. The molecule has 0 heterocycles. The van der Waals surface area contributed by atoms with Crippen molar-refractivity contribution in [2.45, 2.75) is 121 Å². The lowest BCUT2D eigenvalue weighted by Crippen LogP contribution is -2.27. The molecule has 194 valence electrons. The average Bonchev–Trinajstić information content (AvgIpc) is 2.81. The van der Waals surface area contributed by atoms with Crippen molar-refractivity contribution in [2.24, 2.45) is 0 Å². The van der Waals surface area contributed by atoms with Crippen LogP contribution in [-0.4, -0.2) is 32.2 Å². The van der Waals surface area contributed by atoms with E-state index in [9.17, 15) is 9.59 Å². The fourth-order valence-electron chi connectivity index (χ4n) is 4.06. The number of amides is 2. The van der Waals surface area contributed by atoms with Crippen LogP contribution in [0.1, 0.15) is 102 Å². The number of rotatable bonds is 19. The smallest absolute Gasteiger partial charge is 0.251 e. The zero-order chi connectivity index (χ0) is 25.2. The summed E-state index contributed by atoms with van der Waals surface area (Å²) in [5.41, 5.74) is 1.37. The number of nitrogens with one attached hydrogen (secondary N) is 2.